The van der Waals surface area contributed by atoms with Crippen molar-refractivity contribution in [3.8, 4) is 0 Å². The zero-order valence-electron chi connectivity index (χ0n) is 10.1. The van der Waals surface area contributed by atoms with Crippen molar-refractivity contribution in [1.82, 2.24) is 5.32 Å². The summed E-state index contributed by atoms with van der Waals surface area (Å²) in [5.41, 5.74) is 0.0836. The van der Waals surface area contributed by atoms with Gasteiger partial charge < -0.3 is 15.7 Å². The van der Waals surface area contributed by atoms with Crippen molar-refractivity contribution in [1.29, 1.82) is 0 Å². The van der Waals surface area contributed by atoms with Crippen LogP contribution in [0, 0.1) is 0 Å². The second kappa shape index (κ2) is 6.55. The van der Waals surface area contributed by atoms with Crippen molar-refractivity contribution in [2.45, 2.75) is 0 Å². The highest BCUT2D eigenvalue weighted by molar-refractivity contribution is 7.89. The third-order valence-electron chi connectivity index (χ3n) is 2.07. The zero-order chi connectivity index (χ0) is 15.3. The SMILES string of the molecule is NS(=O)(=O)CCNC(=O)Nc1cc(Cl)cc(C(=O)O)c1. The minimum Gasteiger partial charge on any atom is -0.478 e. The molecule has 10 heteroatoms. The van der Waals surface area contributed by atoms with Crippen LogP contribution in [0.1, 0.15) is 10.4 Å². The number of urea groups is 1. The Hall–Kier alpha value is -1.84. The number of nitrogens with two attached hydrogens (primary N) is 1. The van der Waals surface area contributed by atoms with Gasteiger partial charge in [0.15, 0.2) is 0 Å². The molecule has 1 rings (SSSR count). The lowest BCUT2D eigenvalue weighted by molar-refractivity contribution is 0.0697. The Morgan fingerprint density at radius 1 is 1.30 bits per heavy atom. The van der Waals surface area contributed by atoms with Crippen LogP contribution < -0.4 is 15.8 Å². The van der Waals surface area contributed by atoms with Crippen molar-refractivity contribution in [2.75, 3.05) is 17.6 Å². The predicted molar refractivity (Wildman–Crippen MR) is 73.4 cm³/mol. The molecule has 0 fully saturated rings. The van der Waals surface area contributed by atoms with E-state index < -0.39 is 27.8 Å². The standard InChI is InChI=1S/C10H12ClN3O5S/c11-7-3-6(9(15)16)4-8(5-7)14-10(17)13-1-2-20(12,18)19/h3-5H,1-2H2,(H,15,16)(H2,12,18,19)(H2,13,14,17). The summed E-state index contributed by atoms with van der Waals surface area (Å²) in [6.45, 7) is -0.170. The minimum atomic E-state index is -3.66. The van der Waals surface area contributed by atoms with Gasteiger partial charge in [-0.05, 0) is 18.2 Å². The maximum atomic E-state index is 11.4. The van der Waals surface area contributed by atoms with Crippen molar-refractivity contribution in [2.24, 2.45) is 5.14 Å². The number of carboxylic acid groups (broad SMARTS) is 1. The van der Waals surface area contributed by atoms with E-state index in [-0.39, 0.29) is 22.8 Å². The number of benzene rings is 1. The van der Waals surface area contributed by atoms with E-state index in [2.05, 4.69) is 10.6 Å². The Morgan fingerprint density at radius 3 is 2.50 bits per heavy atom. The number of hydrogen-bond acceptors (Lipinski definition) is 4. The van der Waals surface area contributed by atoms with Gasteiger partial charge in [0.25, 0.3) is 0 Å². The Bertz CT molecular complexity index is 632. The fourth-order valence-electron chi connectivity index (χ4n) is 1.27. The number of sulfonamides is 1. The number of anilines is 1. The van der Waals surface area contributed by atoms with Gasteiger partial charge in [0.05, 0.1) is 11.3 Å². The van der Waals surface area contributed by atoms with Crippen LogP contribution in [0.3, 0.4) is 0 Å². The summed E-state index contributed by atoms with van der Waals surface area (Å²) in [5, 5.41) is 18.3. The van der Waals surface area contributed by atoms with E-state index in [1.165, 1.54) is 18.2 Å². The van der Waals surface area contributed by atoms with E-state index >= 15 is 0 Å². The number of aromatic carboxylic acids is 1. The molecule has 110 valence electrons. The number of carbonyl (C=O) groups is 2. The van der Waals surface area contributed by atoms with Gasteiger partial charge in [0, 0.05) is 17.3 Å². The molecule has 0 radical (unpaired) electrons. The van der Waals surface area contributed by atoms with Gasteiger partial charge >= 0.3 is 12.0 Å². The topological polar surface area (TPSA) is 139 Å². The quantitative estimate of drug-likeness (QED) is 0.623. The van der Waals surface area contributed by atoms with Gasteiger partial charge in [-0.1, -0.05) is 11.6 Å². The average Bonchev–Trinajstić information content (AvgIpc) is 2.25. The number of hydrogen-bond donors (Lipinski definition) is 4. The monoisotopic (exact) mass is 321 g/mol. The van der Waals surface area contributed by atoms with Gasteiger partial charge in [-0.15, -0.1) is 0 Å². The number of carboxylic acids is 1. The first-order chi connectivity index (χ1) is 9.17. The molecule has 0 bridgehead atoms. The Morgan fingerprint density at radius 2 is 1.95 bits per heavy atom. The van der Waals surface area contributed by atoms with E-state index in [0.717, 1.165) is 0 Å². The van der Waals surface area contributed by atoms with Crippen LogP contribution in [0.5, 0.6) is 0 Å². The molecule has 0 aliphatic heterocycles. The molecule has 0 heterocycles. The maximum absolute atomic E-state index is 11.4. The van der Waals surface area contributed by atoms with Crippen molar-refractivity contribution < 1.29 is 23.1 Å². The summed E-state index contributed by atoms with van der Waals surface area (Å²) in [6.07, 6.45) is 0. The van der Waals surface area contributed by atoms with E-state index in [1.807, 2.05) is 0 Å². The third kappa shape index (κ3) is 5.87. The van der Waals surface area contributed by atoms with Crippen molar-refractivity contribution >= 4 is 39.3 Å². The van der Waals surface area contributed by atoms with Gasteiger partial charge in [0.2, 0.25) is 10.0 Å². The van der Waals surface area contributed by atoms with Crippen molar-refractivity contribution in [3.05, 3.63) is 28.8 Å². The summed E-state index contributed by atoms with van der Waals surface area (Å²) in [4.78, 5) is 22.2. The number of carbonyl (C=O) groups excluding carboxylic acids is 1. The first kappa shape index (κ1) is 16.2. The van der Waals surface area contributed by atoms with Crippen LogP contribution in [0.15, 0.2) is 18.2 Å². The third-order valence-corrected chi connectivity index (χ3v) is 3.07. The van der Waals surface area contributed by atoms with Crippen LogP contribution in [-0.2, 0) is 10.0 Å². The molecular formula is C10H12ClN3O5S. The molecule has 0 saturated heterocycles. The molecule has 0 spiro atoms. The second-order valence-electron chi connectivity index (χ2n) is 3.78. The van der Waals surface area contributed by atoms with Crippen LogP contribution in [0.2, 0.25) is 5.02 Å². The van der Waals surface area contributed by atoms with Crippen LogP contribution in [0.4, 0.5) is 10.5 Å². The summed E-state index contributed by atoms with van der Waals surface area (Å²) < 4.78 is 21.3. The highest BCUT2D eigenvalue weighted by atomic mass is 35.5. The number of primary sulfonamides is 1. The number of amides is 2. The lowest BCUT2D eigenvalue weighted by atomic mass is 10.2. The molecule has 1 aromatic carbocycles. The smallest absolute Gasteiger partial charge is 0.335 e. The van der Waals surface area contributed by atoms with E-state index in [1.54, 1.807) is 0 Å². The summed E-state index contributed by atoms with van der Waals surface area (Å²) in [6, 6.07) is 3.10. The minimum absolute atomic E-state index is 0.0858. The molecule has 5 N–H and O–H groups in total. The first-order valence-electron chi connectivity index (χ1n) is 5.26. The average molecular weight is 322 g/mol. The highest BCUT2D eigenvalue weighted by Gasteiger charge is 2.09. The van der Waals surface area contributed by atoms with Crippen LogP contribution in [0.25, 0.3) is 0 Å². The van der Waals surface area contributed by atoms with Crippen LogP contribution in [-0.4, -0.2) is 37.8 Å². The van der Waals surface area contributed by atoms with Gasteiger partial charge in [-0.2, -0.15) is 0 Å². The van der Waals surface area contributed by atoms with E-state index in [0.29, 0.717) is 0 Å². The number of nitrogens with one attached hydrogen (secondary N) is 2. The number of rotatable bonds is 5. The summed E-state index contributed by atoms with van der Waals surface area (Å²) >= 11 is 5.71. The van der Waals surface area contributed by atoms with Gasteiger partial charge in [-0.3, -0.25) is 0 Å². The molecule has 0 atom stereocenters. The van der Waals surface area contributed by atoms with E-state index in [9.17, 15) is 18.0 Å². The molecular weight excluding hydrogens is 310 g/mol. The zero-order valence-corrected chi connectivity index (χ0v) is 11.7. The van der Waals surface area contributed by atoms with E-state index in [4.69, 9.17) is 21.8 Å². The lowest BCUT2D eigenvalue weighted by Gasteiger charge is -2.08. The Labute approximate surface area is 120 Å². The largest absolute Gasteiger partial charge is 0.478 e. The molecule has 0 unspecified atom stereocenters. The van der Waals surface area contributed by atoms with Crippen LogP contribution >= 0.6 is 11.6 Å². The molecule has 20 heavy (non-hydrogen) atoms. The molecule has 0 saturated carbocycles. The summed E-state index contributed by atoms with van der Waals surface area (Å²) in [5.74, 6) is -1.60. The number of halogens is 1. The molecule has 0 aliphatic carbocycles. The molecule has 8 nitrogen and oxygen atoms in total. The van der Waals surface area contributed by atoms with Gasteiger partial charge in [-0.25, -0.2) is 23.1 Å². The normalized spacial score (nSPS) is 10.9. The van der Waals surface area contributed by atoms with Gasteiger partial charge in [0.1, 0.15) is 0 Å². The fourth-order valence-corrected chi connectivity index (χ4v) is 1.89. The molecule has 0 aromatic heterocycles. The highest BCUT2D eigenvalue weighted by Crippen LogP contribution is 2.19. The van der Waals surface area contributed by atoms with Crippen molar-refractivity contribution in [3.63, 3.8) is 0 Å². The molecule has 1 aromatic rings. The summed E-state index contributed by atoms with van der Waals surface area (Å²) in [7, 11) is -3.66. The second-order valence-corrected chi connectivity index (χ2v) is 5.95. The fraction of sp³-hybridized carbons (Fsp3) is 0.200. The molecule has 2 amide bonds. The maximum Gasteiger partial charge on any atom is 0.335 e. The Balaban J connectivity index is 2.64. The molecule has 0 aliphatic rings. The predicted octanol–water partition coefficient (Wildman–Crippen LogP) is 0.448. The lowest BCUT2D eigenvalue weighted by Crippen LogP contribution is -2.34. The first-order valence-corrected chi connectivity index (χ1v) is 7.36. The Kier molecular flexibility index (Phi) is 5.31.